The minimum absolute atomic E-state index is 0.0139. The highest BCUT2D eigenvalue weighted by atomic mass is 16.5. The number of hydrogen-bond donors (Lipinski definition) is 1. The second-order valence-electron chi connectivity index (χ2n) is 17.4. The lowest BCUT2D eigenvalue weighted by Gasteiger charge is -2.18. The molecular weight excluding hydrogens is 665 g/mol. The standard InChI is InChI=1S/C50H98O4/c1-3-5-7-9-11-13-15-17-19-20-21-22-23-24-25-26-28-30-32-34-39-43-47-50(53)54-48(45-41-37-35-38-42-46-49(51)52)44-40-36-33-31-29-27-18-16-14-12-10-8-6-4-2/h48H,3-47H2,1-2H3,(H,51,52). The van der Waals surface area contributed by atoms with E-state index in [2.05, 4.69) is 13.8 Å². The zero-order valence-corrected chi connectivity index (χ0v) is 37.1. The number of esters is 1. The zero-order valence-electron chi connectivity index (χ0n) is 37.1. The largest absolute Gasteiger partial charge is 0.481 e. The molecule has 1 unspecified atom stereocenters. The van der Waals surface area contributed by atoms with E-state index in [1.807, 2.05) is 0 Å². The molecule has 0 saturated heterocycles. The Morgan fingerprint density at radius 1 is 0.333 bits per heavy atom. The van der Waals surface area contributed by atoms with Crippen molar-refractivity contribution in [3.8, 4) is 0 Å². The Balaban J connectivity index is 3.84. The van der Waals surface area contributed by atoms with Crippen molar-refractivity contribution >= 4 is 11.9 Å². The molecule has 0 aromatic heterocycles. The van der Waals surface area contributed by atoms with Crippen molar-refractivity contribution in [3.63, 3.8) is 0 Å². The summed E-state index contributed by atoms with van der Waals surface area (Å²) in [6.07, 6.45) is 57.3. The van der Waals surface area contributed by atoms with E-state index >= 15 is 0 Å². The van der Waals surface area contributed by atoms with E-state index in [0.717, 1.165) is 64.2 Å². The minimum atomic E-state index is -0.694. The Hall–Kier alpha value is -1.06. The SMILES string of the molecule is CCCCCCCCCCCCCCCCCCCCCCCCC(=O)OC(CCCCCCCCCCCCCCCC)CCCCCCCC(=O)O. The van der Waals surface area contributed by atoms with Crippen molar-refractivity contribution < 1.29 is 19.4 Å². The summed E-state index contributed by atoms with van der Waals surface area (Å²) in [5.74, 6) is -0.680. The lowest BCUT2D eigenvalue weighted by molar-refractivity contribution is -0.150. The summed E-state index contributed by atoms with van der Waals surface area (Å²) in [4.78, 5) is 23.5. The van der Waals surface area contributed by atoms with Crippen molar-refractivity contribution in [1.29, 1.82) is 0 Å². The molecule has 0 bridgehead atoms. The molecule has 0 aromatic rings. The average molecular weight is 763 g/mol. The summed E-state index contributed by atoms with van der Waals surface area (Å²) >= 11 is 0. The number of carboxylic acid groups (broad SMARTS) is 1. The van der Waals surface area contributed by atoms with Crippen LogP contribution < -0.4 is 0 Å². The van der Waals surface area contributed by atoms with Gasteiger partial charge in [-0.25, -0.2) is 0 Å². The van der Waals surface area contributed by atoms with Gasteiger partial charge >= 0.3 is 11.9 Å². The van der Waals surface area contributed by atoms with Gasteiger partial charge in [0, 0.05) is 12.8 Å². The molecular formula is C50H98O4. The van der Waals surface area contributed by atoms with Gasteiger partial charge < -0.3 is 9.84 Å². The van der Waals surface area contributed by atoms with Gasteiger partial charge in [0.05, 0.1) is 0 Å². The maximum Gasteiger partial charge on any atom is 0.306 e. The molecule has 1 N–H and O–H groups in total. The monoisotopic (exact) mass is 763 g/mol. The molecule has 0 spiro atoms. The van der Waals surface area contributed by atoms with E-state index in [9.17, 15) is 9.59 Å². The predicted octanol–water partition coefficient (Wildman–Crippen LogP) is 17.6. The lowest BCUT2D eigenvalue weighted by atomic mass is 10.0. The van der Waals surface area contributed by atoms with E-state index < -0.39 is 5.97 Å². The molecule has 0 radical (unpaired) electrons. The van der Waals surface area contributed by atoms with Crippen LogP contribution in [-0.4, -0.2) is 23.1 Å². The van der Waals surface area contributed by atoms with E-state index in [4.69, 9.17) is 9.84 Å². The Labute approximate surface area is 339 Å². The Kier molecular flexibility index (Phi) is 45.4. The highest BCUT2D eigenvalue weighted by molar-refractivity contribution is 5.69. The third kappa shape index (κ3) is 45.3. The third-order valence-electron chi connectivity index (χ3n) is 11.8. The van der Waals surface area contributed by atoms with Crippen LogP contribution in [0.15, 0.2) is 0 Å². The van der Waals surface area contributed by atoms with Gasteiger partial charge in [0.25, 0.3) is 0 Å². The molecule has 0 aliphatic rings. The molecule has 0 aliphatic carbocycles. The topological polar surface area (TPSA) is 63.6 Å². The second kappa shape index (κ2) is 46.3. The summed E-state index contributed by atoms with van der Waals surface area (Å²) in [6, 6.07) is 0. The Morgan fingerprint density at radius 2 is 0.556 bits per heavy atom. The van der Waals surface area contributed by atoms with E-state index in [1.165, 1.54) is 212 Å². The number of aliphatic carboxylic acids is 1. The maximum absolute atomic E-state index is 12.8. The van der Waals surface area contributed by atoms with Gasteiger partial charge in [0.2, 0.25) is 0 Å². The summed E-state index contributed by atoms with van der Waals surface area (Å²) < 4.78 is 6.05. The van der Waals surface area contributed by atoms with Crippen LogP contribution in [0.25, 0.3) is 0 Å². The molecule has 322 valence electrons. The fourth-order valence-electron chi connectivity index (χ4n) is 8.13. The number of carboxylic acids is 1. The quantitative estimate of drug-likeness (QED) is 0.0495. The molecule has 0 aliphatic heterocycles. The molecule has 4 heteroatoms. The molecule has 0 saturated carbocycles. The molecule has 0 rings (SSSR count). The second-order valence-corrected chi connectivity index (χ2v) is 17.4. The third-order valence-corrected chi connectivity index (χ3v) is 11.8. The van der Waals surface area contributed by atoms with Crippen molar-refractivity contribution in [2.45, 2.75) is 309 Å². The first-order valence-electron chi connectivity index (χ1n) is 25.0. The smallest absolute Gasteiger partial charge is 0.306 e. The fraction of sp³-hybridized carbons (Fsp3) is 0.960. The fourth-order valence-corrected chi connectivity index (χ4v) is 8.13. The molecule has 0 amide bonds. The van der Waals surface area contributed by atoms with E-state index in [-0.39, 0.29) is 18.5 Å². The maximum atomic E-state index is 12.8. The summed E-state index contributed by atoms with van der Waals surface area (Å²) in [5, 5.41) is 8.86. The summed E-state index contributed by atoms with van der Waals surface area (Å²) in [6.45, 7) is 4.58. The summed E-state index contributed by atoms with van der Waals surface area (Å²) in [5.41, 5.74) is 0. The number of rotatable bonds is 47. The lowest BCUT2D eigenvalue weighted by Crippen LogP contribution is -2.18. The summed E-state index contributed by atoms with van der Waals surface area (Å²) in [7, 11) is 0. The molecule has 54 heavy (non-hydrogen) atoms. The zero-order chi connectivity index (χ0) is 39.3. The van der Waals surface area contributed by atoms with Crippen molar-refractivity contribution in [2.75, 3.05) is 0 Å². The van der Waals surface area contributed by atoms with Crippen LogP contribution in [0.5, 0.6) is 0 Å². The first-order chi connectivity index (χ1) is 26.6. The van der Waals surface area contributed by atoms with Crippen LogP contribution in [0.2, 0.25) is 0 Å². The van der Waals surface area contributed by atoms with Crippen molar-refractivity contribution in [3.05, 3.63) is 0 Å². The van der Waals surface area contributed by atoms with Gasteiger partial charge in [0.15, 0.2) is 0 Å². The highest BCUT2D eigenvalue weighted by Gasteiger charge is 2.14. The van der Waals surface area contributed by atoms with Gasteiger partial charge in [-0.2, -0.15) is 0 Å². The number of unbranched alkanes of at least 4 members (excludes halogenated alkanes) is 38. The van der Waals surface area contributed by atoms with Gasteiger partial charge in [-0.05, 0) is 38.5 Å². The Morgan fingerprint density at radius 3 is 0.815 bits per heavy atom. The van der Waals surface area contributed by atoms with E-state index in [0.29, 0.717) is 6.42 Å². The Bertz CT molecular complexity index is 736. The van der Waals surface area contributed by atoms with Crippen LogP contribution >= 0.6 is 0 Å². The average Bonchev–Trinajstić information content (AvgIpc) is 3.16. The van der Waals surface area contributed by atoms with Crippen LogP contribution in [0.4, 0.5) is 0 Å². The molecule has 4 nitrogen and oxygen atoms in total. The van der Waals surface area contributed by atoms with Crippen LogP contribution in [0.3, 0.4) is 0 Å². The number of hydrogen-bond acceptors (Lipinski definition) is 3. The first-order valence-corrected chi connectivity index (χ1v) is 25.0. The van der Waals surface area contributed by atoms with Crippen LogP contribution in [0.1, 0.15) is 303 Å². The van der Waals surface area contributed by atoms with Crippen molar-refractivity contribution in [1.82, 2.24) is 0 Å². The van der Waals surface area contributed by atoms with Gasteiger partial charge in [-0.3, -0.25) is 9.59 Å². The molecule has 0 aromatic carbocycles. The van der Waals surface area contributed by atoms with Gasteiger partial charge in [-0.15, -0.1) is 0 Å². The number of carbonyl (C=O) groups excluding carboxylic acids is 1. The molecule has 0 heterocycles. The highest BCUT2D eigenvalue weighted by Crippen LogP contribution is 2.20. The predicted molar refractivity (Wildman–Crippen MR) is 237 cm³/mol. The minimum Gasteiger partial charge on any atom is -0.481 e. The molecule has 0 fully saturated rings. The van der Waals surface area contributed by atoms with E-state index in [1.54, 1.807) is 0 Å². The van der Waals surface area contributed by atoms with Crippen LogP contribution in [-0.2, 0) is 14.3 Å². The number of carbonyl (C=O) groups is 2. The first kappa shape index (κ1) is 52.9. The normalized spacial score (nSPS) is 12.0. The molecule has 1 atom stereocenters. The van der Waals surface area contributed by atoms with Crippen molar-refractivity contribution in [2.24, 2.45) is 0 Å². The van der Waals surface area contributed by atoms with Crippen LogP contribution in [0, 0.1) is 0 Å². The number of ether oxygens (including phenoxy) is 1. The van der Waals surface area contributed by atoms with Gasteiger partial charge in [-0.1, -0.05) is 251 Å². The van der Waals surface area contributed by atoms with Gasteiger partial charge in [0.1, 0.15) is 6.10 Å².